The van der Waals surface area contributed by atoms with Gasteiger partial charge in [0, 0.05) is 17.3 Å². The van der Waals surface area contributed by atoms with E-state index in [2.05, 4.69) is 14.8 Å². The molecule has 0 saturated carbocycles. The maximum atomic E-state index is 12.3. The maximum absolute atomic E-state index is 12.3. The summed E-state index contributed by atoms with van der Waals surface area (Å²) < 4.78 is 31.7. The summed E-state index contributed by atoms with van der Waals surface area (Å²) in [6, 6.07) is 11.8. The summed E-state index contributed by atoms with van der Waals surface area (Å²) in [5.74, 6) is -0.956. The third-order valence-corrected chi connectivity index (χ3v) is 5.54. The van der Waals surface area contributed by atoms with E-state index in [0.29, 0.717) is 12.1 Å². The number of amides is 1. The standard InChI is InChI=1S/C19H22N2O5S/c1-4-13(2)21-27(24,25)17-10-8-16(9-11-17)20-18(22)14-6-5-7-15(12-14)19(23)26-3/h5-13,21H,4H2,1-3H3,(H,20,22). The van der Waals surface area contributed by atoms with Gasteiger partial charge in [-0.3, -0.25) is 4.79 Å². The Kier molecular flexibility index (Phi) is 6.70. The van der Waals surface area contributed by atoms with Crippen LogP contribution in [0.3, 0.4) is 0 Å². The van der Waals surface area contributed by atoms with Gasteiger partial charge < -0.3 is 10.1 Å². The third-order valence-electron chi connectivity index (χ3n) is 3.94. The van der Waals surface area contributed by atoms with Crippen LogP contribution in [0.1, 0.15) is 41.0 Å². The van der Waals surface area contributed by atoms with Crippen LogP contribution < -0.4 is 10.0 Å². The first-order valence-electron chi connectivity index (χ1n) is 8.39. The van der Waals surface area contributed by atoms with Crippen molar-refractivity contribution in [3.05, 3.63) is 59.7 Å². The van der Waals surface area contributed by atoms with Gasteiger partial charge in [0.05, 0.1) is 17.6 Å². The molecule has 2 rings (SSSR count). The van der Waals surface area contributed by atoms with E-state index >= 15 is 0 Å². The Bertz CT molecular complexity index is 923. The molecular weight excluding hydrogens is 368 g/mol. The second-order valence-electron chi connectivity index (χ2n) is 5.98. The number of hydrogen-bond acceptors (Lipinski definition) is 5. The zero-order valence-corrected chi connectivity index (χ0v) is 16.2. The molecule has 0 saturated heterocycles. The predicted octanol–water partition coefficient (Wildman–Crippen LogP) is 2.80. The van der Waals surface area contributed by atoms with Gasteiger partial charge in [-0.25, -0.2) is 17.9 Å². The van der Waals surface area contributed by atoms with E-state index in [9.17, 15) is 18.0 Å². The van der Waals surface area contributed by atoms with Gasteiger partial charge >= 0.3 is 5.97 Å². The lowest BCUT2D eigenvalue weighted by atomic mass is 10.1. The van der Waals surface area contributed by atoms with E-state index in [1.807, 2.05) is 6.92 Å². The number of rotatable bonds is 7. The minimum Gasteiger partial charge on any atom is -0.465 e. The lowest BCUT2D eigenvalue weighted by Gasteiger charge is -2.12. The van der Waals surface area contributed by atoms with Crippen LogP contribution in [-0.2, 0) is 14.8 Å². The molecule has 0 heterocycles. The largest absolute Gasteiger partial charge is 0.465 e. The Labute approximate surface area is 158 Å². The molecule has 2 aromatic carbocycles. The summed E-state index contributed by atoms with van der Waals surface area (Å²) in [5.41, 5.74) is 0.988. The monoisotopic (exact) mass is 390 g/mol. The number of esters is 1. The van der Waals surface area contributed by atoms with Crippen molar-refractivity contribution in [2.75, 3.05) is 12.4 Å². The predicted molar refractivity (Wildman–Crippen MR) is 102 cm³/mol. The third kappa shape index (κ3) is 5.38. The lowest BCUT2D eigenvalue weighted by Crippen LogP contribution is -2.31. The van der Waals surface area contributed by atoms with Crippen molar-refractivity contribution in [1.82, 2.24) is 4.72 Å². The highest BCUT2D eigenvalue weighted by Gasteiger charge is 2.17. The number of sulfonamides is 1. The van der Waals surface area contributed by atoms with Gasteiger partial charge in [0.15, 0.2) is 0 Å². The van der Waals surface area contributed by atoms with Crippen LogP contribution >= 0.6 is 0 Å². The van der Waals surface area contributed by atoms with Crippen LogP contribution in [-0.4, -0.2) is 33.4 Å². The fourth-order valence-corrected chi connectivity index (χ4v) is 3.57. The van der Waals surface area contributed by atoms with Gasteiger partial charge in [0.1, 0.15) is 0 Å². The number of ether oxygens (including phenoxy) is 1. The molecule has 8 heteroatoms. The second-order valence-corrected chi connectivity index (χ2v) is 7.70. The van der Waals surface area contributed by atoms with Crippen LogP contribution in [0.2, 0.25) is 0 Å². The average molecular weight is 390 g/mol. The van der Waals surface area contributed by atoms with Crippen molar-refractivity contribution >= 4 is 27.6 Å². The van der Waals surface area contributed by atoms with Gasteiger partial charge in [-0.15, -0.1) is 0 Å². The molecule has 2 N–H and O–H groups in total. The Balaban J connectivity index is 2.12. The van der Waals surface area contributed by atoms with Crippen molar-refractivity contribution in [1.29, 1.82) is 0 Å². The number of hydrogen-bond donors (Lipinski definition) is 2. The van der Waals surface area contributed by atoms with E-state index in [1.165, 1.54) is 37.4 Å². The molecular formula is C19H22N2O5S. The molecule has 1 amide bonds. The highest BCUT2D eigenvalue weighted by Crippen LogP contribution is 2.16. The maximum Gasteiger partial charge on any atom is 0.337 e. The zero-order valence-electron chi connectivity index (χ0n) is 15.4. The van der Waals surface area contributed by atoms with Crippen molar-refractivity contribution in [3.8, 4) is 0 Å². The zero-order chi connectivity index (χ0) is 20.0. The Morgan fingerprint density at radius 2 is 1.70 bits per heavy atom. The van der Waals surface area contributed by atoms with Gasteiger partial charge in [-0.1, -0.05) is 13.0 Å². The first-order chi connectivity index (χ1) is 12.8. The van der Waals surface area contributed by atoms with Crippen molar-refractivity contribution in [3.63, 3.8) is 0 Å². The summed E-state index contributed by atoms with van der Waals surface area (Å²) >= 11 is 0. The van der Waals surface area contributed by atoms with Crippen molar-refractivity contribution < 1.29 is 22.7 Å². The first-order valence-corrected chi connectivity index (χ1v) is 9.87. The van der Waals surface area contributed by atoms with Crippen LogP contribution in [0.15, 0.2) is 53.4 Å². The Hall–Kier alpha value is -2.71. The van der Waals surface area contributed by atoms with Crippen molar-refractivity contribution in [2.24, 2.45) is 0 Å². The Morgan fingerprint density at radius 3 is 2.30 bits per heavy atom. The number of benzene rings is 2. The number of nitrogens with one attached hydrogen (secondary N) is 2. The van der Waals surface area contributed by atoms with Crippen LogP contribution in [0.5, 0.6) is 0 Å². The highest BCUT2D eigenvalue weighted by molar-refractivity contribution is 7.89. The summed E-state index contributed by atoms with van der Waals surface area (Å²) in [6.07, 6.45) is 0.679. The molecule has 1 atom stereocenters. The summed E-state index contributed by atoms with van der Waals surface area (Å²) in [5, 5.41) is 2.67. The number of carbonyl (C=O) groups excluding carboxylic acids is 2. The van der Waals surface area contributed by atoms with Gasteiger partial charge in [-0.2, -0.15) is 0 Å². The molecule has 144 valence electrons. The number of anilines is 1. The molecule has 0 aliphatic carbocycles. The van der Waals surface area contributed by atoms with Gasteiger partial charge in [0.25, 0.3) is 5.91 Å². The molecule has 1 unspecified atom stereocenters. The molecule has 0 aliphatic heterocycles. The number of methoxy groups -OCH3 is 1. The normalized spacial score (nSPS) is 12.3. The SMILES string of the molecule is CCC(C)NS(=O)(=O)c1ccc(NC(=O)c2cccc(C(=O)OC)c2)cc1. The van der Waals surface area contributed by atoms with Crippen LogP contribution in [0, 0.1) is 0 Å². The molecule has 0 radical (unpaired) electrons. The second kappa shape index (κ2) is 8.79. The molecule has 7 nitrogen and oxygen atoms in total. The van der Waals surface area contributed by atoms with Crippen LogP contribution in [0.4, 0.5) is 5.69 Å². The topological polar surface area (TPSA) is 102 Å². The molecule has 0 bridgehead atoms. The fourth-order valence-electron chi connectivity index (χ4n) is 2.24. The van der Waals surface area contributed by atoms with Crippen molar-refractivity contribution in [2.45, 2.75) is 31.2 Å². The van der Waals surface area contributed by atoms with Crippen LogP contribution in [0.25, 0.3) is 0 Å². The minimum atomic E-state index is -3.60. The van der Waals surface area contributed by atoms with E-state index in [1.54, 1.807) is 25.1 Å². The smallest absolute Gasteiger partial charge is 0.337 e. The Morgan fingerprint density at radius 1 is 1.07 bits per heavy atom. The fraction of sp³-hybridized carbons (Fsp3) is 0.263. The minimum absolute atomic E-state index is 0.119. The van der Waals surface area contributed by atoms with E-state index in [0.717, 1.165) is 0 Å². The molecule has 0 fully saturated rings. The quantitative estimate of drug-likeness (QED) is 0.708. The lowest BCUT2D eigenvalue weighted by molar-refractivity contribution is 0.0600. The summed E-state index contributed by atoms with van der Waals surface area (Å²) in [4.78, 5) is 24.0. The molecule has 2 aromatic rings. The molecule has 27 heavy (non-hydrogen) atoms. The summed E-state index contributed by atoms with van der Waals surface area (Å²) in [7, 11) is -2.34. The van der Waals surface area contributed by atoms with E-state index in [-0.39, 0.29) is 22.1 Å². The highest BCUT2D eigenvalue weighted by atomic mass is 32.2. The van der Waals surface area contributed by atoms with Gasteiger partial charge in [-0.05, 0) is 55.8 Å². The molecule has 0 spiro atoms. The van der Waals surface area contributed by atoms with E-state index in [4.69, 9.17) is 0 Å². The number of carbonyl (C=O) groups is 2. The van der Waals surface area contributed by atoms with E-state index < -0.39 is 21.9 Å². The molecule has 0 aromatic heterocycles. The average Bonchev–Trinajstić information content (AvgIpc) is 2.67. The van der Waals surface area contributed by atoms with Gasteiger partial charge in [0.2, 0.25) is 10.0 Å². The summed E-state index contributed by atoms with van der Waals surface area (Å²) in [6.45, 7) is 3.68. The first kappa shape index (κ1) is 20.6. The molecule has 0 aliphatic rings.